The molecule has 7 nitrogen and oxygen atoms in total. The fourth-order valence-corrected chi connectivity index (χ4v) is 3.82. The van der Waals surface area contributed by atoms with Crippen molar-refractivity contribution < 1.29 is 13.2 Å². The number of hydrogen-bond acceptors (Lipinski definition) is 5. The molecule has 0 unspecified atom stereocenters. The Kier molecular flexibility index (Phi) is 6.12. The molecule has 2 aromatic carbocycles. The molecule has 28 heavy (non-hydrogen) atoms. The Bertz CT molecular complexity index is 956. The van der Waals surface area contributed by atoms with E-state index in [4.69, 9.17) is 11.6 Å². The minimum absolute atomic E-state index is 0.156. The summed E-state index contributed by atoms with van der Waals surface area (Å²) in [5.41, 5.74) is 2.38. The standard InChI is InChI=1S/C19H23ClN4O3S/c1-23-9-11-24(12-10-23)16-6-4-15(5-7-16)21-19(25)14-3-8-18(17(20)13-14)22-28(2,26)27/h3-8,13,22H,9-12H2,1-2H3,(H,21,25). The number of halogens is 1. The van der Waals surface area contributed by atoms with Crippen LogP contribution < -0.4 is 14.9 Å². The molecule has 0 aromatic heterocycles. The summed E-state index contributed by atoms with van der Waals surface area (Å²) in [6.07, 6.45) is 1.04. The lowest BCUT2D eigenvalue weighted by Crippen LogP contribution is -2.44. The van der Waals surface area contributed by atoms with E-state index >= 15 is 0 Å². The van der Waals surface area contributed by atoms with Gasteiger partial charge in [-0.1, -0.05) is 11.6 Å². The topological polar surface area (TPSA) is 81.8 Å². The third-order valence-electron chi connectivity index (χ3n) is 4.52. The van der Waals surface area contributed by atoms with Gasteiger partial charge in [0.2, 0.25) is 10.0 Å². The Morgan fingerprint density at radius 1 is 1.04 bits per heavy atom. The Hall–Kier alpha value is -2.29. The van der Waals surface area contributed by atoms with E-state index in [0.717, 1.165) is 38.1 Å². The molecule has 2 N–H and O–H groups in total. The summed E-state index contributed by atoms with van der Waals surface area (Å²) in [5, 5.41) is 2.98. The van der Waals surface area contributed by atoms with Crippen molar-refractivity contribution in [2.24, 2.45) is 0 Å². The molecular weight excluding hydrogens is 400 g/mol. The average Bonchev–Trinajstić information content (AvgIpc) is 2.64. The number of rotatable bonds is 5. The molecule has 3 rings (SSSR count). The van der Waals surface area contributed by atoms with E-state index in [1.54, 1.807) is 0 Å². The maximum atomic E-state index is 12.5. The summed E-state index contributed by atoms with van der Waals surface area (Å²) in [6.45, 7) is 4.02. The Morgan fingerprint density at radius 3 is 2.25 bits per heavy atom. The van der Waals surface area contributed by atoms with Crippen LogP contribution in [0.3, 0.4) is 0 Å². The number of likely N-dealkylation sites (N-methyl/N-ethyl adjacent to an activating group) is 1. The second-order valence-corrected chi connectivity index (χ2v) is 9.02. The van der Waals surface area contributed by atoms with E-state index in [1.165, 1.54) is 18.2 Å². The molecule has 1 fully saturated rings. The van der Waals surface area contributed by atoms with Gasteiger partial charge in [0.05, 0.1) is 17.0 Å². The zero-order valence-corrected chi connectivity index (χ0v) is 17.3. The predicted molar refractivity (Wildman–Crippen MR) is 114 cm³/mol. The van der Waals surface area contributed by atoms with E-state index in [0.29, 0.717) is 11.3 Å². The summed E-state index contributed by atoms with van der Waals surface area (Å²) in [7, 11) is -1.32. The van der Waals surface area contributed by atoms with Gasteiger partial charge in [0.15, 0.2) is 0 Å². The fraction of sp³-hybridized carbons (Fsp3) is 0.316. The summed E-state index contributed by atoms with van der Waals surface area (Å²) in [4.78, 5) is 17.1. The van der Waals surface area contributed by atoms with Crippen LogP contribution in [0.2, 0.25) is 5.02 Å². The van der Waals surface area contributed by atoms with Crippen molar-refractivity contribution >= 4 is 44.6 Å². The zero-order valence-electron chi connectivity index (χ0n) is 15.8. The lowest BCUT2D eigenvalue weighted by atomic mass is 10.2. The van der Waals surface area contributed by atoms with Gasteiger partial charge < -0.3 is 15.1 Å². The number of hydrogen-bond donors (Lipinski definition) is 2. The van der Waals surface area contributed by atoms with E-state index in [-0.39, 0.29) is 16.6 Å². The summed E-state index contributed by atoms with van der Waals surface area (Å²) >= 11 is 6.08. The van der Waals surface area contributed by atoms with E-state index in [1.807, 2.05) is 24.3 Å². The molecule has 0 aliphatic carbocycles. The summed E-state index contributed by atoms with van der Waals surface area (Å²) in [6, 6.07) is 12.1. The highest BCUT2D eigenvalue weighted by Gasteiger charge is 2.15. The molecule has 1 amide bonds. The number of benzene rings is 2. The summed E-state index contributed by atoms with van der Waals surface area (Å²) in [5.74, 6) is -0.319. The molecule has 9 heteroatoms. The van der Waals surface area contributed by atoms with Crippen LogP contribution in [-0.2, 0) is 10.0 Å². The second-order valence-electron chi connectivity index (χ2n) is 6.86. The van der Waals surface area contributed by atoms with Crippen molar-refractivity contribution in [2.75, 3.05) is 54.4 Å². The maximum absolute atomic E-state index is 12.5. The second kappa shape index (κ2) is 8.38. The molecule has 1 saturated heterocycles. The van der Waals surface area contributed by atoms with Crippen LogP contribution in [0, 0.1) is 0 Å². The largest absolute Gasteiger partial charge is 0.369 e. The number of nitrogens with one attached hydrogen (secondary N) is 2. The molecule has 1 heterocycles. The van der Waals surface area contributed by atoms with E-state index in [2.05, 4.69) is 26.9 Å². The molecule has 0 spiro atoms. The number of carbonyl (C=O) groups is 1. The fourth-order valence-electron chi connectivity index (χ4n) is 2.96. The van der Waals surface area contributed by atoms with Crippen LogP contribution in [0.1, 0.15) is 10.4 Å². The van der Waals surface area contributed by atoms with Gasteiger partial charge in [0, 0.05) is 43.1 Å². The molecule has 0 radical (unpaired) electrons. The number of sulfonamides is 1. The van der Waals surface area contributed by atoms with Crippen LogP contribution in [0.4, 0.5) is 17.1 Å². The van der Waals surface area contributed by atoms with E-state index < -0.39 is 10.0 Å². The van der Waals surface area contributed by atoms with Gasteiger partial charge >= 0.3 is 0 Å². The number of anilines is 3. The lowest BCUT2D eigenvalue weighted by molar-refractivity contribution is 0.102. The van der Waals surface area contributed by atoms with Crippen molar-refractivity contribution in [1.82, 2.24) is 4.90 Å². The van der Waals surface area contributed by atoms with Crippen LogP contribution in [-0.4, -0.2) is 58.7 Å². The van der Waals surface area contributed by atoms with Gasteiger partial charge in [-0.3, -0.25) is 9.52 Å². The highest BCUT2D eigenvalue weighted by atomic mass is 35.5. The van der Waals surface area contributed by atoms with E-state index in [9.17, 15) is 13.2 Å². The zero-order chi connectivity index (χ0) is 20.3. The number of carbonyl (C=O) groups excluding carboxylic acids is 1. The first-order chi connectivity index (χ1) is 13.2. The molecule has 1 aliphatic rings. The predicted octanol–water partition coefficient (Wildman–Crippen LogP) is 2.72. The van der Waals surface area contributed by atoms with Gasteiger partial charge in [-0.2, -0.15) is 0 Å². The normalized spacial score (nSPS) is 15.3. The van der Waals surface area contributed by atoms with Crippen molar-refractivity contribution in [1.29, 1.82) is 0 Å². The quantitative estimate of drug-likeness (QED) is 0.774. The molecule has 2 aromatic rings. The van der Waals surface area contributed by atoms with Gasteiger partial charge in [-0.25, -0.2) is 8.42 Å². The molecule has 1 aliphatic heterocycles. The van der Waals surface area contributed by atoms with Crippen LogP contribution in [0.5, 0.6) is 0 Å². The van der Waals surface area contributed by atoms with Crippen molar-refractivity contribution in [3.05, 3.63) is 53.1 Å². The Morgan fingerprint density at radius 2 is 1.68 bits per heavy atom. The first kappa shape index (κ1) is 20.4. The monoisotopic (exact) mass is 422 g/mol. The number of amides is 1. The number of piperazine rings is 1. The molecule has 0 saturated carbocycles. The van der Waals surface area contributed by atoms with Crippen LogP contribution in [0.15, 0.2) is 42.5 Å². The molecular formula is C19H23ClN4O3S. The Labute approximate surface area is 170 Å². The average molecular weight is 423 g/mol. The highest BCUT2D eigenvalue weighted by molar-refractivity contribution is 7.92. The van der Waals surface area contributed by atoms with Crippen LogP contribution in [0.25, 0.3) is 0 Å². The SMILES string of the molecule is CN1CCN(c2ccc(NC(=O)c3ccc(NS(C)(=O)=O)c(Cl)c3)cc2)CC1. The van der Waals surface area contributed by atoms with Crippen molar-refractivity contribution in [3.63, 3.8) is 0 Å². The third-order valence-corrected chi connectivity index (χ3v) is 5.42. The van der Waals surface area contributed by atoms with Gasteiger partial charge in [-0.15, -0.1) is 0 Å². The van der Waals surface area contributed by atoms with Gasteiger partial charge in [0.25, 0.3) is 5.91 Å². The smallest absolute Gasteiger partial charge is 0.255 e. The van der Waals surface area contributed by atoms with Gasteiger partial charge in [-0.05, 0) is 49.5 Å². The Balaban J connectivity index is 1.65. The van der Waals surface area contributed by atoms with Crippen molar-refractivity contribution in [2.45, 2.75) is 0 Å². The molecule has 0 bridgehead atoms. The lowest BCUT2D eigenvalue weighted by Gasteiger charge is -2.34. The maximum Gasteiger partial charge on any atom is 0.255 e. The highest BCUT2D eigenvalue weighted by Crippen LogP contribution is 2.25. The first-order valence-electron chi connectivity index (χ1n) is 8.83. The van der Waals surface area contributed by atoms with Crippen molar-refractivity contribution in [3.8, 4) is 0 Å². The minimum Gasteiger partial charge on any atom is -0.369 e. The summed E-state index contributed by atoms with van der Waals surface area (Å²) < 4.78 is 24.9. The molecule has 150 valence electrons. The molecule has 0 atom stereocenters. The minimum atomic E-state index is -3.44. The number of nitrogens with zero attached hydrogens (tertiary/aromatic N) is 2. The first-order valence-corrected chi connectivity index (χ1v) is 11.1. The van der Waals surface area contributed by atoms with Gasteiger partial charge in [0.1, 0.15) is 0 Å². The van der Waals surface area contributed by atoms with Crippen LogP contribution >= 0.6 is 11.6 Å². The third kappa shape index (κ3) is 5.37.